The number of methoxy groups -OCH3 is 3. The predicted octanol–water partition coefficient (Wildman–Crippen LogP) is 2.79. The molecule has 1 aromatic carbocycles. The Balaban J connectivity index is 1.75. The number of halogens is 1. The number of amides is 1. The first-order chi connectivity index (χ1) is 21.8. The third-order valence-electron chi connectivity index (χ3n) is 5.55. The fourth-order valence-electron chi connectivity index (χ4n) is 3.79. The number of pyridine rings is 1. The van der Waals surface area contributed by atoms with Crippen LogP contribution in [0.2, 0.25) is 0 Å². The second kappa shape index (κ2) is 11.3. The Bertz CT molecular complexity index is 1700. The number of phosphoric acid groups is 1. The molecular formula is C25H28FN4O9P. The maximum absolute atomic E-state index is 15.1. The molecule has 3 aromatic rings. The molecule has 3 heterocycles. The first-order valence-corrected chi connectivity index (χ1v) is 12.8. The number of nitrogens with zero attached hydrogens (tertiary/aromatic N) is 4. The van der Waals surface area contributed by atoms with Crippen molar-refractivity contribution in [2.75, 3.05) is 33.0 Å². The zero-order valence-electron chi connectivity index (χ0n) is 28.3. The summed E-state index contributed by atoms with van der Waals surface area (Å²) in [4.78, 5) is 44.6. The van der Waals surface area contributed by atoms with Gasteiger partial charge in [-0.25, -0.2) is 23.9 Å². The van der Waals surface area contributed by atoms with Crippen molar-refractivity contribution in [3.8, 4) is 23.0 Å². The minimum Gasteiger partial charge on any atom is -0.493 e. The van der Waals surface area contributed by atoms with Crippen LogP contribution < -0.4 is 23.8 Å². The number of rotatable bonds is 10. The molecule has 2 N–H and O–H groups in total. The lowest BCUT2D eigenvalue weighted by Crippen LogP contribution is -2.53. The fourth-order valence-corrected chi connectivity index (χ4v) is 4.06. The van der Waals surface area contributed by atoms with Gasteiger partial charge in [-0.3, -0.25) is 14.2 Å². The zero-order chi connectivity index (χ0) is 35.1. The first kappa shape index (κ1) is 21.0. The average molecular weight is 586 g/mol. The van der Waals surface area contributed by atoms with E-state index in [-0.39, 0.29) is 23.6 Å². The lowest BCUT2D eigenvalue weighted by molar-refractivity contribution is -0.133. The van der Waals surface area contributed by atoms with E-state index in [1.54, 1.807) is 12.1 Å². The lowest BCUT2D eigenvalue weighted by Gasteiger charge is -2.37. The standard InChI is InChI=1S/C25H28FN4O9P/c1-25(2)24(31)30(13-38-40(32,33)34)23-18(39-25)7-6-15(28-23)11-17-16(26)12-27-21(29-17)10-14-8-19(35-3)22(37-5)20(9-14)36-4/h6-9,12H,10-11,13H2,1-5H3,(H2,32,33,34)/i1D3,2D3,12D. The van der Waals surface area contributed by atoms with Gasteiger partial charge in [-0.1, -0.05) is 0 Å². The van der Waals surface area contributed by atoms with Crippen molar-refractivity contribution in [1.29, 1.82) is 0 Å². The van der Waals surface area contributed by atoms with Gasteiger partial charge < -0.3 is 28.7 Å². The molecule has 0 saturated carbocycles. The topological polar surface area (TPSA) is 163 Å². The molecule has 0 aliphatic carbocycles. The molecule has 13 nitrogen and oxygen atoms in total. The van der Waals surface area contributed by atoms with Crippen molar-refractivity contribution >= 4 is 19.5 Å². The molecule has 1 aliphatic heterocycles. The van der Waals surface area contributed by atoms with Gasteiger partial charge >= 0.3 is 7.82 Å². The van der Waals surface area contributed by atoms with Crippen molar-refractivity contribution in [2.24, 2.45) is 0 Å². The summed E-state index contributed by atoms with van der Waals surface area (Å²) < 4.78 is 107. The third-order valence-corrected chi connectivity index (χ3v) is 6.00. The van der Waals surface area contributed by atoms with Crippen LogP contribution in [0.4, 0.5) is 10.2 Å². The normalized spacial score (nSPS) is 17.6. The quantitative estimate of drug-likeness (QED) is 0.335. The second-order valence-electron chi connectivity index (χ2n) is 8.29. The molecule has 0 spiro atoms. The molecule has 15 heteroatoms. The van der Waals surface area contributed by atoms with E-state index in [1.807, 2.05) is 0 Å². The van der Waals surface area contributed by atoms with Crippen LogP contribution in [0.25, 0.3) is 0 Å². The van der Waals surface area contributed by atoms with Gasteiger partial charge in [0.2, 0.25) is 5.75 Å². The van der Waals surface area contributed by atoms with Gasteiger partial charge in [0, 0.05) is 26.8 Å². The van der Waals surface area contributed by atoms with Gasteiger partial charge in [0.05, 0.1) is 34.6 Å². The molecule has 0 saturated heterocycles. The molecule has 214 valence electrons. The molecule has 2 aromatic heterocycles. The minimum atomic E-state index is -5.28. The Morgan fingerprint density at radius 1 is 1.12 bits per heavy atom. The summed E-state index contributed by atoms with van der Waals surface area (Å²) in [5, 5.41) is 0. The van der Waals surface area contributed by atoms with Gasteiger partial charge in [-0.15, -0.1) is 0 Å². The highest BCUT2D eigenvalue weighted by Gasteiger charge is 2.42. The van der Waals surface area contributed by atoms with Gasteiger partial charge in [-0.05, 0) is 43.5 Å². The Kier molecular flexibility index (Phi) is 5.95. The monoisotopic (exact) mass is 585 g/mol. The van der Waals surface area contributed by atoms with Crippen LogP contribution in [0, 0.1) is 5.82 Å². The molecule has 0 radical (unpaired) electrons. The number of carbonyl (C=O) groups is 1. The number of aromatic nitrogens is 3. The maximum atomic E-state index is 15.1. The van der Waals surface area contributed by atoms with Gasteiger partial charge in [0.15, 0.2) is 34.5 Å². The highest BCUT2D eigenvalue weighted by molar-refractivity contribution is 7.46. The molecule has 0 fully saturated rings. The van der Waals surface area contributed by atoms with E-state index in [2.05, 4.69) is 19.5 Å². The van der Waals surface area contributed by atoms with Crippen LogP contribution in [-0.4, -0.2) is 64.3 Å². The van der Waals surface area contributed by atoms with Crippen molar-refractivity contribution in [3.63, 3.8) is 0 Å². The smallest absolute Gasteiger partial charge is 0.471 e. The summed E-state index contributed by atoms with van der Waals surface area (Å²) >= 11 is 0. The van der Waals surface area contributed by atoms with Crippen molar-refractivity contribution in [3.05, 3.63) is 59.0 Å². The Labute approximate surface area is 238 Å². The summed E-state index contributed by atoms with van der Waals surface area (Å²) in [5.74, 6) is -2.94. The number of ether oxygens (including phenoxy) is 4. The summed E-state index contributed by atoms with van der Waals surface area (Å²) in [7, 11) is -1.00. The first-order valence-electron chi connectivity index (χ1n) is 14.8. The van der Waals surface area contributed by atoms with Crippen LogP contribution in [0.15, 0.2) is 30.4 Å². The maximum Gasteiger partial charge on any atom is 0.471 e. The molecule has 0 atom stereocenters. The molecule has 1 aliphatic rings. The molecular weight excluding hydrogens is 550 g/mol. The number of carbonyl (C=O) groups excluding carboxylic acids is 1. The van der Waals surface area contributed by atoms with E-state index in [9.17, 15) is 19.1 Å². The number of fused-ring (bicyclic) bond motifs is 1. The number of hydrogen-bond donors (Lipinski definition) is 2. The Morgan fingerprint density at radius 3 is 2.42 bits per heavy atom. The van der Waals surface area contributed by atoms with E-state index in [4.69, 9.17) is 28.5 Å². The van der Waals surface area contributed by atoms with E-state index in [0.717, 1.165) is 6.07 Å². The largest absolute Gasteiger partial charge is 0.493 e. The zero-order valence-corrected chi connectivity index (χ0v) is 22.2. The van der Waals surface area contributed by atoms with E-state index < -0.39 is 69.7 Å². The average Bonchev–Trinajstić information content (AvgIpc) is 2.96. The van der Waals surface area contributed by atoms with E-state index in [1.165, 1.54) is 27.4 Å². The molecule has 40 heavy (non-hydrogen) atoms. The Morgan fingerprint density at radius 2 is 1.82 bits per heavy atom. The molecule has 4 rings (SSSR count). The van der Waals surface area contributed by atoms with Gasteiger partial charge in [0.25, 0.3) is 5.91 Å². The fraction of sp³-hybridized carbons (Fsp3) is 0.360. The van der Waals surface area contributed by atoms with Crippen LogP contribution in [0.1, 0.15) is 46.1 Å². The number of phosphoric ester groups is 1. The second-order valence-corrected chi connectivity index (χ2v) is 9.53. The van der Waals surface area contributed by atoms with Crippen LogP contribution in [0.3, 0.4) is 0 Å². The van der Waals surface area contributed by atoms with Crippen LogP contribution in [0.5, 0.6) is 23.0 Å². The highest BCUT2D eigenvalue weighted by Crippen LogP contribution is 2.41. The molecule has 0 unspecified atom stereocenters. The van der Waals surface area contributed by atoms with Crippen LogP contribution >= 0.6 is 7.82 Å². The van der Waals surface area contributed by atoms with Crippen molar-refractivity contribution in [2.45, 2.75) is 32.1 Å². The lowest BCUT2D eigenvalue weighted by atomic mass is 10.1. The van der Waals surface area contributed by atoms with Crippen molar-refractivity contribution < 1.29 is 56.6 Å². The highest BCUT2D eigenvalue weighted by atomic mass is 31.2. The summed E-state index contributed by atoms with van der Waals surface area (Å²) in [6.45, 7) is -8.52. The number of anilines is 1. The number of hydrogen-bond acceptors (Lipinski definition) is 10. The molecule has 0 bridgehead atoms. The molecule has 1 amide bonds. The van der Waals surface area contributed by atoms with Crippen molar-refractivity contribution in [1.82, 2.24) is 15.0 Å². The summed E-state index contributed by atoms with van der Waals surface area (Å²) in [5.41, 5.74) is -3.28. The summed E-state index contributed by atoms with van der Waals surface area (Å²) in [6, 6.07) is 5.49. The Hall–Kier alpha value is -3.84. The van der Waals surface area contributed by atoms with E-state index >= 15 is 4.39 Å². The SMILES string of the molecule is [2H]c1nc(Cc2cc(OC)c(OC)c(OC)c2)nc(Cc2ccc3c(n2)N(COP(=O)(O)O)C(=O)C(C([2H])([2H])[2H])(C([2H])([2H])[2H])O3)c1F. The van der Waals surface area contributed by atoms with Gasteiger partial charge in [0.1, 0.15) is 12.6 Å². The van der Waals surface area contributed by atoms with E-state index in [0.29, 0.717) is 27.7 Å². The predicted molar refractivity (Wildman–Crippen MR) is 138 cm³/mol. The third kappa shape index (κ3) is 6.31. The summed E-state index contributed by atoms with van der Waals surface area (Å²) in [6.07, 6.45) is -1.18. The minimum absolute atomic E-state index is 0.00431. The van der Waals surface area contributed by atoms with Crippen LogP contribution in [-0.2, 0) is 26.7 Å². The van der Waals surface area contributed by atoms with Gasteiger partial charge in [-0.2, -0.15) is 0 Å². The number of benzene rings is 1.